The van der Waals surface area contributed by atoms with Crippen LogP contribution >= 0.6 is 0 Å². The summed E-state index contributed by atoms with van der Waals surface area (Å²) in [6, 6.07) is 1.54. The number of rotatable bonds is 15. The highest BCUT2D eigenvalue weighted by Crippen LogP contribution is 2.37. The second-order valence-corrected chi connectivity index (χ2v) is 23.0. The first-order valence-electron chi connectivity index (χ1n) is 27.6. The van der Waals surface area contributed by atoms with Crippen molar-refractivity contribution in [3.63, 3.8) is 0 Å². The Morgan fingerprint density at radius 3 is 2.00 bits per heavy atom. The van der Waals surface area contributed by atoms with Crippen LogP contribution in [0.4, 0.5) is 5.69 Å². The molecule has 0 saturated carbocycles. The molecule has 7 amide bonds. The smallest absolute Gasteiger partial charge is 0.311 e. The number of hydrogen-bond acceptors (Lipinski definition) is 14. The van der Waals surface area contributed by atoms with E-state index in [-0.39, 0.29) is 61.4 Å². The third-order valence-electron chi connectivity index (χ3n) is 15.2. The fourth-order valence-electron chi connectivity index (χ4n) is 10.8. The molecule has 3 fully saturated rings. The minimum atomic E-state index is -1.58. The number of nitro groups is 1. The summed E-state index contributed by atoms with van der Waals surface area (Å²) in [5.74, 6) is -8.62. The van der Waals surface area contributed by atoms with Crippen LogP contribution < -0.4 is 26.0 Å². The number of allylic oxidation sites excluding steroid dienone is 1. The number of fused-ring (bicyclic) bond motifs is 3. The molecule has 4 N–H and O–H groups in total. The van der Waals surface area contributed by atoms with E-state index >= 15 is 24.0 Å². The minimum Gasteiger partial charge on any atom is -0.441 e. The second-order valence-electron chi connectivity index (χ2n) is 23.0. The molecule has 3 aliphatic heterocycles. The summed E-state index contributed by atoms with van der Waals surface area (Å²) in [4.78, 5) is 145. The average Bonchev–Trinajstić information content (AvgIpc) is 4.26. The summed E-state index contributed by atoms with van der Waals surface area (Å²) in [6.07, 6.45) is 3.30. The van der Waals surface area contributed by atoms with E-state index in [2.05, 4.69) is 25.8 Å². The maximum Gasteiger partial charge on any atom is 0.311 e. The van der Waals surface area contributed by atoms with Crippen LogP contribution in [0.2, 0.25) is 0 Å². The standard InChI is InChI=1S/C58H79N9O14/c1-14-15-19-40-50(70)62-42(28-38-29-65(58(10,11)49-30-79-49)43-20-17-16-18-39(38)43)55(75)63(12)45(23-31(2)3)52(72)61-41(26-37-21-22-48(80-35(8)68)44(27-37)67(77)78)51(71)59-34(7)54(74)64(13)47-25-33(6)57(81-36(9)69)66(56(47)76)46(24-32(4)5)53(73)60-40/h14-18,20-22,27,29,31-34,40-42,45-47,49,57H,19,23-26,28,30H2,1-13H3,(H,59,71)(H,60,73)(H,61,72)(H,62,70)/b15-14+/t33-,34+,40+,41+,42+,45+,46+,47+,49?,57-/m1/s1. The fourth-order valence-corrected chi connectivity index (χ4v) is 10.8. The van der Waals surface area contributed by atoms with Crippen LogP contribution in [-0.2, 0) is 71.0 Å². The molecule has 23 nitrogen and oxygen atoms in total. The lowest BCUT2D eigenvalue weighted by Gasteiger charge is -2.47. The minimum absolute atomic E-state index is 0.0182. The molecule has 1 unspecified atom stereocenters. The van der Waals surface area contributed by atoms with E-state index in [1.54, 1.807) is 26.0 Å². The van der Waals surface area contributed by atoms with Gasteiger partial charge >= 0.3 is 17.6 Å². The number of ether oxygens (including phenoxy) is 3. The van der Waals surface area contributed by atoms with Gasteiger partial charge in [-0.1, -0.05) is 71.0 Å². The van der Waals surface area contributed by atoms with Crippen LogP contribution in [0, 0.1) is 27.9 Å². The number of carbonyl (C=O) groups excluding carboxylic acids is 9. The van der Waals surface area contributed by atoms with Crippen LogP contribution in [-0.4, -0.2) is 153 Å². The molecule has 0 aliphatic carbocycles. The maximum absolute atomic E-state index is 15.5. The molecule has 3 saturated heterocycles. The van der Waals surface area contributed by atoms with Crippen molar-refractivity contribution in [2.75, 3.05) is 20.7 Å². The highest BCUT2D eigenvalue weighted by molar-refractivity contribution is 5.99. The van der Waals surface area contributed by atoms with Gasteiger partial charge in [0.15, 0.2) is 6.23 Å². The summed E-state index contributed by atoms with van der Waals surface area (Å²) in [7, 11) is 2.76. The molecule has 23 heteroatoms. The van der Waals surface area contributed by atoms with E-state index in [0.29, 0.717) is 12.2 Å². The molecule has 2 aromatic carbocycles. The number of epoxide rings is 1. The highest BCUT2D eigenvalue weighted by Gasteiger charge is 2.50. The number of amides is 7. The SMILES string of the molecule is C/C=C/C[C@@H]1NC(=O)[C@H](CC(C)C)N2C(=O)[C@H](C[C@@H](C)[C@H]2OC(C)=O)N(C)C(=O)[C@H](C)NC(=O)[C@H](Cc2ccc(OC(C)=O)c([N+](=O)[O-])c2)NC(=O)[C@H](CC(C)C)N(C)C(=O)[C@H](Cc2cn(C(C)(C)C3CO3)c3ccccc23)NC1=O. The zero-order chi connectivity index (χ0) is 59.9. The molecule has 3 aromatic rings. The largest absolute Gasteiger partial charge is 0.441 e. The van der Waals surface area contributed by atoms with Gasteiger partial charge in [0.2, 0.25) is 47.1 Å². The summed E-state index contributed by atoms with van der Waals surface area (Å²) in [5, 5.41) is 24.3. The topological polar surface area (TPSA) is 291 Å². The van der Waals surface area contributed by atoms with Crippen molar-refractivity contribution in [3.8, 4) is 5.75 Å². The number of nitrogens with zero attached hydrogens (tertiary/aromatic N) is 5. The van der Waals surface area contributed by atoms with Crippen molar-refractivity contribution in [2.45, 2.75) is 175 Å². The monoisotopic (exact) mass is 1130 g/mol. The Hall–Kier alpha value is -7.69. The zero-order valence-electron chi connectivity index (χ0n) is 48.6. The van der Waals surface area contributed by atoms with Crippen molar-refractivity contribution in [1.29, 1.82) is 0 Å². The molecule has 1 aromatic heterocycles. The molecular formula is C58H79N9O14. The number of hydrogen-bond donors (Lipinski definition) is 4. The van der Waals surface area contributed by atoms with E-state index in [1.165, 1.54) is 45.0 Å². The number of esters is 2. The van der Waals surface area contributed by atoms with E-state index in [4.69, 9.17) is 14.2 Å². The van der Waals surface area contributed by atoms with Crippen LogP contribution in [0.5, 0.6) is 5.75 Å². The molecule has 4 heterocycles. The average molecular weight is 1130 g/mol. The van der Waals surface area contributed by atoms with Crippen molar-refractivity contribution in [2.24, 2.45) is 17.8 Å². The lowest BCUT2D eigenvalue weighted by molar-refractivity contribution is -0.385. The lowest BCUT2D eigenvalue weighted by atomic mass is 9.88. The van der Waals surface area contributed by atoms with Crippen molar-refractivity contribution in [1.82, 2.24) is 40.5 Å². The fraction of sp³-hybridized carbons (Fsp3) is 0.569. The van der Waals surface area contributed by atoms with Gasteiger partial charge in [0.1, 0.15) is 48.4 Å². The van der Waals surface area contributed by atoms with Gasteiger partial charge in [-0.2, -0.15) is 0 Å². The van der Waals surface area contributed by atoms with Gasteiger partial charge < -0.3 is 49.8 Å². The number of aromatic nitrogens is 1. The Balaban J connectivity index is 1.54. The summed E-state index contributed by atoms with van der Waals surface area (Å²) >= 11 is 0. The zero-order valence-corrected chi connectivity index (χ0v) is 48.6. The van der Waals surface area contributed by atoms with Gasteiger partial charge in [0, 0.05) is 69.9 Å². The van der Waals surface area contributed by atoms with Crippen LogP contribution in [0.3, 0.4) is 0 Å². The Morgan fingerprint density at radius 2 is 1.40 bits per heavy atom. The molecular weight excluding hydrogens is 1050 g/mol. The first kappa shape index (κ1) is 62.5. The normalized spacial score (nSPS) is 25.8. The molecule has 10 atom stereocenters. The molecule has 3 aliphatic rings. The molecule has 440 valence electrons. The quantitative estimate of drug-likeness (QED) is 0.0414. The molecule has 2 bridgehead atoms. The maximum atomic E-state index is 15.5. The lowest BCUT2D eigenvalue weighted by Crippen LogP contribution is -2.67. The van der Waals surface area contributed by atoms with Crippen LogP contribution in [0.25, 0.3) is 10.9 Å². The molecule has 0 spiro atoms. The molecule has 6 rings (SSSR count). The van der Waals surface area contributed by atoms with Gasteiger partial charge in [-0.3, -0.25) is 58.2 Å². The van der Waals surface area contributed by atoms with Gasteiger partial charge in [0.05, 0.1) is 17.1 Å². The Labute approximate surface area is 472 Å². The first-order valence-corrected chi connectivity index (χ1v) is 27.6. The highest BCUT2D eigenvalue weighted by atomic mass is 16.6. The van der Waals surface area contributed by atoms with E-state index < -0.39 is 130 Å². The van der Waals surface area contributed by atoms with Gasteiger partial charge in [-0.05, 0) is 88.5 Å². The van der Waals surface area contributed by atoms with Crippen molar-refractivity contribution >= 4 is 69.9 Å². The predicted molar refractivity (Wildman–Crippen MR) is 298 cm³/mol. The van der Waals surface area contributed by atoms with Crippen LogP contribution in [0.15, 0.2) is 60.8 Å². The van der Waals surface area contributed by atoms with Crippen molar-refractivity contribution in [3.05, 3.63) is 82.1 Å². The van der Waals surface area contributed by atoms with Crippen LogP contribution in [0.1, 0.15) is 113 Å². The van der Waals surface area contributed by atoms with Crippen molar-refractivity contribution < 1.29 is 62.3 Å². The number of nitro benzene ring substituents is 1. The Morgan fingerprint density at radius 1 is 0.790 bits per heavy atom. The predicted octanol–water partition coefficient (Wildman–Crippen LogP) is 4.21. The number of nitrogens with one attached hydrogen (secondary N) is 4. The second kappa shape index (κ2) is 26.3. The Kier molecular flexibility index (Phi) is 20.3. The number of likely N-dealkylation sites (N-methyl/N-ethyl adjacent to an activating group) is 2. The number of benzene rings is 2. The van der Waals surface area contributed by atoms with Gasteiger partial charge in [-0.15, -0.1) is 0 Å². The van der Waals surface area contributed by atoms with E-state index in [0.717, 1.165) is 33.7 Å². The summed E-state index contributed by atoms with van der Waals surface area (Å²) in [5.41, 5.74) is 0.493. The first-order chi connectivity index (χ1) is 38.0. The molecule has 81 heavy (non-hydrogen) atoms. The van der Waals surface area contributed by atoms with Gasteiger partial charge in [0.25, 0.3) is 0 Å². The third kappa shape index (κ3) is 14.8. The Bertz CT molecular complexity index is 2930. The summed E-state index contributed by atoms with van der Waals surface area (Å²) < 4.78 is 18.7. The molecule has 0 radical (unpaired) electrons. The van der Waals surface area contributed by atoms with Gasteiger partial charge in [-0.25, -0.2) is 0 Å². The third-order valence-corrected chi connectivity index (χ3v) is 15.2. The number of para-hydroxylation sites is 1. The summed E-state index contributed by atoms with van der Waals surface area (Å²) in [6.45, 7) is 19.0. The van der Waals surface area contributed by atoms with E-state index in [1.807, 2.05) is 72.0 Å². The number of piperidine rings is 1. The number of carbonyl (C=O) groups is 9. The van der Waals surface area contributed by atoms with E-state index in [9.17, 15) is 29.3 Å².